The molecule has 0 amide bonds. The summed E-state index contributed by atoms with van der Waals surface area (Å²) in [6.07, 6.45) is -1.36. The van der Waals surface area contributed by atoms with Crippen LogP contribution in [-0.4, -0.2) is 0 Å². The number of nitriles is 1. The lowest BCUT2D eigenvalue weighted by atomic mass is 10.1. The molecule has 0 radical (unpaired) electrons. The second kappa shape index (κ2) is 5.04. The monoisotopic (exact) mass is 245 g/mol. The van der Waals surface area contributed by atoms with Gasteiger partial charge in [0.2, 0.25) is 0 Å². The van der Waals surface area contributed by atoms with Gasteiger partial charge in [0.15, 0.2) is 0 Å². The smallest absolute Gasteiger partial charge is 0.198 e. The van der Waals surface area contributed by atoms with Crippen molar-refractivity contribution in [2.75, 3.05) is 0 Å². The van der Waals surface area contributed by atoms with Crippen molar-refractivity contribution in [2.24, 2.45) is 0 Å². The second-order valence-electron chi connectivity index (χ2n) is 3.00. The summed E-state index contributed by atoms with van der Waals surface area (Å²) in [5, 5.41) is 7.94. The van der Waals surface area contributed by atoms with Crippen molar-refractivity contribution >= 4 is 17.7 Å². The van der Waals surface area contributed by atoms with E-state index in [0.29, 0.717) is 5.56 Å². The molecule has 0 saturated heterocycles. The molecule has 0 aromatic heterocycles. The van der Waals surface area contributed by atoms with Crippen LogP contribution in [0.5, 0.6) is 0 Å². The summed E-state index contributed by atoms with van der Waals surface area (Å²) in [5.41, 5.74) is -0.500. The van der Waals surface area contributed by atoms with Crippen LogP contribution in [0, 0.1) is 11.3 Å². The van der Waals surface area contributed by atoms with Gasteiger partial charge < -0.3 is 0 Å². The molecule has 1 aromatic rings. The molecular weight excluding hydrogens is 239 g/mol. The molecule has 5 heteroatoms. The summed E-state index contributed by atoms with van der Waals surface area (Å²) in [6, 6.07) is 5.47. The van der Waals surface area contributed by atoms with Crippen LogP contribution in [0.15, 0.2) is 24.3 Å². The third-order valence-corrected chi connectivity index (χ3v) is 2.14. The number of nitrogens with zero attached hydrogens (tertiary/aromatic N) is 1. The van der Waals surface area contributed by atoms with Crippen molar-refractivity contribution in [3.05, 3.63) is 40.4 Å². The highest BCUT2D eigenvalue weighted by atomic mass is 35.5. The fraction of sp³-hybridized carbons (Fsp3) is 0.182. The molecule has 1 nitrogen and oxygen atoms in total. The summed E-state index contributed by atoms with van der Waals surface area (Å²) in [5.74, 6) is 0. The maximum Gasteiger partial charge on any atom is 0.417 e. The number of hydrogen-bond acceptors (Lipinski definition) is 1. The lowest BCUT2D eigenvalue weighted by Gasteiger charge is -2.09. The van der Waals surface area contributed by atoms with Crippen LogP contribution in [0.3, 0.4) is 0 Å². The Kier molecular flexibility index (Phi) is 3.97. The molecule has 0 fully saturated rings. The minimum Gasteiger partial charge on any atom is -0.198 e. The fourth-order valence-corrected chi connectivity index (χ4v) is 1.34. The summed E-state index contributed by atoms with van der Waals surface area (Å²) >= 11 is 5.45. The van der Waals surface area contributed by atoms with Gasteiger partial charge in [0.05, 0.1) is 23.1 Å². The number of alkyl halides is 3. The Hall–Kier alpha value is -1.47. The molecule has 0 saturated carbocycles. The number of rotatable bonds is 2. The van der Waals surface area contributed by atoms with Crippen molar-refractivity contribution < 1.29 is 13.2 Å². The zero-order chi connectivity index (χ0) is 12.2. The first-order chi connectivity index (χ1) is 7.45. The molecule has 16 heavy (non-hydrogen) atoms. The van der Waals surface area contributed by atoms with Gasteiger partial charge in [0, 0.05) is 0 Å². The van der Waals surface area contributed by atoms with Crippen LogP contribution < -0.4 is 0 Å². The van der Waals surface area contributed by atoms with Crippen LogP contribution in [0.4, 0.5) is 13.2 Å². The maximum atomic E-state index is 12.5. The summed E-state index contributed by atoms with van der Waals surface area (Å²) in [7, 11) is 0. The Balaban J connectivity index is 3.04. The standard InChI is InChI=1S/C11H7ClF3N/c12-10-5-4-8(3-1-2-6-16)7-9(10)11(13,14)15/h1,3-5,7H,2H2. The predicted octanol–water partition coefficient (Wildman–Crippen LogP) is 4.29. The molecule has 0 aliphatic rings. The van der Waals surface area contributed by atoms with E-state index >= 15 is 0 Å². The largest absolute Gasteiger partial charge is 0.417 e. The number of allylic oxidation sites excluding steroid dienone is 1. The minimum atomic E-state index is -4.46. The van der Waals surface area contributed by atoms with E-state index in [0.717, 1.165) is 6.07 Å². The molecule has 1 rings (SSSR count). The van der Waals surface area contributed by atoms with Gasteiger partial charge in [-0.15, -0.1) is 0 Å². The topological polar surface area (TPSA) is 23.8 Å². The normalized spacial score (nSPS) is 11.7. The van der Waals surface area contributed by atoms with Gasteiger partial charge in [0.25, 0.3) is 0 Å². The SMILES string of the molecule is N#CCC=Cc1ccc(Cl)c(C(F)(F)F)c1. The molecule has 0 bridgehead atoms. The van der Waals surface area contributed by atoms with Crippen molar-refractivity contribution in [1.29, 1.82) is 5.26 Å². The van der Waals surface area contributed by atoms with Gasteiger partial charge in [-0.2, -0.15) is 18.4 Å². The first-order valence-electron chi connectivity index (χ1n) is 4.35. The Bertz CT molecular complexity index is 444. The highest BCUT2D eigenvalue weighted by Crippen LogP contribution is 2.35. The van der Waals surface area contributed by atoms with E-state index in [1.807, 2.05) is 6.07 Å². The predicted molar refractivity (Wildman–Crippen MR) is 55.7 cm³/mol. The van der Waals surface area contributed by atoms with Crippen molar-refractivity contribution in [3.63, 3.8) is 0 Å². The fourth-order valence-electron chi connectivity index (χ4n) is 1.11. The molecule has 0 unspecified atom stereocenters. The van der Waals surface area contributed by atoms with Gasteiger partial charge in [0.1, 0.15) is 0 Å². The Labute approximate surface area is 95.8 Å². The van der Waals surface area contributed by atoms with Gasteiger partial charge in [-0.05, 0) is 17.7 Å². The molecule has 0 atom stereocenters. The van der Waals surface area contributed by atoms with E-state index in [4.69, 9.17) is 16.9 Å². The van der Waals surface area contributed by atoms with Gasteiger partial charge in [-0.1, -0.05) is 29.8 Å². The third-order valence-electron chi connectivity index (χ3n) is 1.82. The molecule has 0 heterocycles. The highest BCUT2D eigenvalue weighted by molar-refractivity contribution is 6.31. The van der Waals surface area contributed by atoms with Crippen LogP contribution >= 0.6 is 11.6 Å². The number of benzene rings is 1. The quantitative estimate of drug-likeness (QED) is 0.763. The molecule has 84 valence electrons. The third kappa shape index (κ3) is 3.28. The van der Waals surface area contributed by atoms with Crippen LogP contribution in [-0.2, 0) is 6.18 Å². The van der Waals surface area contributed by atoms with Gasteiger partial charge in [-0.25, -0.2) is 0 Å². The molecular formula is C11H7ClF3N. The summed E-state index contributed by atoms with van der Waals surface area (Å²) in [6.45, 7) is 0. The Morgan fingerprint density at radius 1 is 1.38 bits per heavy atom. The summed E-state index contributed by atoms with van der Waals surface area (Å²) in [4.78, 5) is 0. The second-order valence-corrected chi connectivity index (χ2v) is 3.41. The number of hydrogen-bond donors (Lipinski definition) is 0. The highest BCUT2D eigenvalue weighted by Gasteiger charge is 2.33. The lowest BCUT2D eigenvalue weighted by molar-refractivity contribution is -0.137. The van der Waals surface area contributed by atoms with E-state index in [1.54, 1.807) is 0 Å². The van der Waals surface area contributed by atoms with Gasteiger partial charge >= 0.3 is 6.18 Å². The lowest BCUT2D eigenvalue weighted by Crippen LogP contribution is -2.05. The van der Waals surface area contributed by atoms with Crippen molar-refractivity contribution in [3.8, 4) is 6.07 Å². The van der Waals surface area contributed by atoms with Crippen molar-refractivity contribution in [1.82, 2.24) is 0 Å². The van der Waals surface area contributed by atoms with Crippen molar-refractivity contribution in [2.45, 2.75) is 12.6 Å². The average Bonchev–Trinajstić information content (AvgIpc) is 2.19. The van der Waals surface area contributed by atoms with E-state index in [-0.39, 0.29) is 11.4 Å². The van der Waals surface area contributed by atoms with E-state index in [9.17, 15) is 13.2 Å². The van der Waals surface area contributed by atoms with E-state index in [1.165, 1.54) is 24.3 Å². The first kappa shape index (κ1) is 12.6. The minimum absolute atomic E-state index is 0.157. The zero-order valence-electron chi connectivity index (χ0n) is 8.05. The maximum absolute atomic E-state index is 12.5. The summed E-state index contributed by atoms with van der Waals surface area (Å²) < 4.78 is 37.4. The number of halogens is 4. The molecule has 0 aliphatic carbocycles. The molecule has 1 aromatic carbocycles. The van der Waals surface area contributed by atoms with Gasteiger partial charge in [-0.3, -0.25) is 0 Å². The van der Waals surface area contributed by atoms with Crippen LogP contribution in [0.25, 0.3) is 6.08 Å². The van der Waals surface area contributed by atoms with Crippen LogP contribution in [0.2, 0.25) is 5.02 Å². The Morgan fingerprint density at radius 3 is 2.62 bits per heavy atom. The average molecular weight is 246 g/mol. The van der Waals surface area contributed by atoms with Crippen LogP contribution in [0.1, 0.15) is 17.5 Å². The molecule has 0 spiro atoms. The molecule has 0 N–H and O–H groups in total. The Morgan fingerprint density at radius 2 is 2.06 bits per heavy atom. The van der Waals surface area contributed by atoms with E-state index in [2.05, 4.69) is 0 Å². The molecule has 0 aliphatic heterocycles. The zero-order valence-corrected chi connectivity index (χ0v) is 8.81. The first-order valence-corrected chi connectivity index (χ1v) is 4.73. The van der Waals surface area contributed by atoms with E-state index < -0.39 is 11.7 Å².